The van der Waals surface area contributed by atoms with Crippen LogP contribution in [0.4, 0.5) is 0 Å². The van der Waals surface area contributed by atoms with Crippen LogP contribution in [0.5, 0.6) is 0 Å². The number of nitrogens with one attached hydrogen (secondary N) is 2. The minimum atomic E-state index is -0.751. The number of piperidine rings is 1. The smallest absolute Gasteiger partial charge is 0.252 e. The van der Waals surface area contributed by atoms with Crippen molar-refractivity contribution in [3.63, 3.8) is 0 Å². The summed E-state index contributed by atoms with van der Waals surface area (Å²) < 4.78 is 0. The van der Waals surface area contributed by atoms with Gasteiger partial charge in [0.05, 0.1) is 11.6 Å². The molecule has 1 heterocycles. The molecule has 1 amide bonds. The maximum absolute atomic E-state index is 12.6. The summed E-state index contributed by atoms with van der Waals surface area (Å²) in [5, 5.41) is 16.8. The zero-order valence-corrected chi connectivity index (χ0v) is 13.6. The number of aliphatic hydroxyl groups excluding tert-OH is 1. The van der Waals surface area contributed by atoms with Gasteiger partial charge in [-0.05, 0) is 30.7 Å². The van der Waals surface area contributed by atoms with E-state index in [0.29, 0.717) is 18.5 Å². The number of carbonyl (C=O) groups excluding carboxylic acids is 1. The van der Waals surface area contributed by atoms with Crippen molar-refractivity contribution in [2.75, 3.05) is 13.1 Å². The van der Waals surface area contributed by atoms with E-state index in [-0.39, 0.29) is 18.3 Å². The quantitative estimate of drug-likeness (QED) is 0.806. The first kappa shape index (κ1) is 17.5. The Hall–Kier alpha value is -1.88. The van der Waals surface area contributed by atoms with Gasteiger partial charge in [-0.25, -0.2) is 0 Å². The van der Waals surface area contributed by atoms with Crippen molar-refractivity contribution >= 4 is 18.3 Å². The first-order valence-electron chi connectivity index (χ1n) is 7.54. The van der Waals surface area contributed by atoms with Gasteiger partial charge >= 0.3 is 0 Å². The highest BCUT2D eigenvalue weighted by Crippen LogP contribution is 2.31. The Balaban J connectivity index is 0.00000192. The van der Waals surface area contributed by atoms with Crippen LogP contribution in [0.3, 0.4) is 0 Å². The van der Waals surface area contributed by atoms with E-state index < -0.39 is 11.6 Å². The zero-order chi connectivity index (χ0) is 15.4. The van der Waals surface area contributed by atoms with Gasteiger partial charge in [0, 0.05) is 12.1 Å². The van der Waals surface area contributed by atoms with E-state index in [2.05, 4.69) is 10.6 Å². The Kier molecular flexibility index (Phi) is 5.77. The number of rotatable bonds is 3. The van der Waals surface area contributed by atoms with E-state index >= 15 is 0 Å². The molecule has 0 unspecified atom stereocenters. The first-order chi connectivity index (χ1) is 10.7. The summed E-state index contributed by atoms with van der Waals surface area (Å²) in [5.41, 5.74) is 0.788. The summed E-state index contributed by atoms with van der Waals surface area (Å²) >= 11 is 0. The molecule has 0 aliphatic carbocycles. The average Bonchev–Trinajstić information content (AvgIpc) is 2.58. The normalized spacial score (nSPS) is 23.6. The SMILES string of the molecule is Cl.O=C(N[C@]1(c2ccccc2)CCNC[C@H]1O)c1ccccc1. The largest absolute Gasteiger partial charge is 0.389 e. The molecule has 2 atom stereocenters. The molecule has 1 fully saturated rings. The predicted molar refractivity (Wildman–Crippen MR) is 92.8 cm³/mol. The maximum Gasteiger partial charge on any atom is 0.252 e. The van der Waals surface area contributed by atoms with Crippen molar-refractivity contribution < 1.29 is 9.90 Å². The molecule has 122 valence electrons. The fraction of sp³-hybridized carbons (Fsp3) is 0.278. The minimum Gasteiger partial charge on any atom is -0.389 e. The van der Waals surface area contributed by atoms with Crippen LogP contribution in [0, 0.1) is 0 Å². The van der Waals surface area contributed by atoms with Crippen LogP contribution in [0.25, 0.3) is 0 Å². The summed E-state index contributed by atoms with van der Waals surface area (Å²) in [6.07, 6.45) is -0.0205. The van der Waals surface area contributed by atoms with Gasteiger partial charge in [0.1, 0.15) is 0 Å². The van der Waals surface area contributed by atoms with Crippen molar-refractivity contribution in [1.29, 1.82) is 0 Å². The lowest BCUT2D eigenvalue weighted by Crippen LogP contribution is -2.61. The number of hydrogen-bond donors (Lipinski definition) is 3. The van der Waals surface area contributed by atoms with Gasteiger partial charge < -0.3 is 15.7 Å². The van der Waals surface area contributed by atoms with E-state index in [9.17, 15) is 9.90 Å². The molecule has 0 aromatic heterocycles. The highest BCUT2D eigenvalue weighted by atomic mass is 35.5. The number of carbonyl (C=O) groups is 1. The van der Waals surface area contributed by atoms with Crippen LogP contribution < -0.4 is 10.6 Å². The lowest BCUT2D eigenvalue weighted by Gasteiger charge is -2.43. The number of amides is 1. The number of hydrogen-bond acceptors (Lipinski definition) is 3. The van der Waals surface area contributed by atoms with Crippen molar-refractivity contribution in [3.05, 3.63) is 71.8 Å². The van der Waals surface area contributed by atoms with Crippen molar-refractivity contribution in [3.8, 4) is 0 Å². The Morgan fingerprint density at radius 1 is 1.09 bits per heavy atom. The summed E-state index contributed by atoms with van der Waals surface area (Å²) in [5.74, 6) is -0.162. The second-order valence-corrected chi connectivity index (χ2v) is 5.63. The molecule has 0 spiro atoms. The van der Waals surface area contributed by atoms with Gasteiger partial charge in [0.25, 0.3) is 5.91 Å². The standard InChI is InChI=1S/C18H20N2O2.ClH/c21-16-13-19-12-11-18(16,15-9-5-2-6-10-15)20-17(22)14-7-3-1-4-8-14;/h1-10,16,19,21H,11-13H2,(H,20,22);1H/t16-,18+;/m1./s1. The first-order valence-corrected chi connectivity index (χ1v) is 7.54. The average molecular weight is 333 g/mol. The molecule has 0 radical (unpaired) electrons. The van der Waals surface area contributed by atoms with Crippen LogP contribution >= 0.6 is 12.4 Å². The zero-order valence-electron chi connectivity index (χ0n) is 12.7. The molecule has 0 bridgehead atoms. The third-order valence-corrected chi connectivity index (χ3v) is 4.26. The number of aliphatic hydroxyl groups is 1. The molecule has 0 saturated carbocycles. The fourth-order valence-corrected chi connectivity index (χ4v) is 3.02. The molecule has 1 aliphatic heterocycles. The summed E-state index contributed by atoms with van der Waals surface area (Å²) in [6.45, 7) is 1.21. The van der Waals surface area contributed by atoms with Crippen LogP contribution in [0.1, 0.15) is 22.3 Å². The third kappa shape index (κ3) is 3.55. The maximum atomic E-state index is 12.6. The summed E-state index contributed by atoms with van der Waals surface area (Å²) in [6, 6.07) is 18.8. The van der Waals surface area contributed by atoms with E-state index in [1.807, 2.05) is 48.5 Å². The van der Waals surface area contributed by atoms with Crippen molar-refractivity contribution in [2.24, 2.45) is 0 Å². The lowest BCUT2D eigenvalue weighted by molar-refractivity contribution is 0.0289. The monoisotopic (exact) mass is 332 g/mol. The van der Waals surface area contributed by atoms with E-state index in [1.165, 1.54) is 0 Å². The van der Waals surface area contributed by atoms with Gasteiger partial charge in [-0.2, -0.15) is 0 Å². The molecule has 2 aromatic rings. The molecule has 3 N–H and O–H groups in total. The molecular formula is C18H21ClN2O2. The predicted octanol–water partition coefficient (Wildman–Crippen LogP) is 2.09. The number of β-amino-alcohol motifs (C(OH)–C–C–N with tert-alkyl or cyclic N) is 1. The third-order valence-electron chi connectivity index (χ3n) is 4.26. The van der Waals surface area contributed by atoms with Crippen LogP contribution in [0.2, 0.25) is 0 Å². The van der Waals surface area contributed by atoms with Crippen LogP contribution in [0.15, 0.2) is 60.7 Å². The molecule has 1 saturated heterocycles. The molecule has 2 aromatic carbocycles. The summed E-state index contributed by atoms with van der Waals surface area (Å²) in [4.78, 5) is 12.6. The second-order valence-electron chi connectivity index (χ2n) is 5.63. The minimum absolute atomic E-state index is 0. The topological polar surface area (TPSA) is 61.4 Å². The van der Waals surface area contributed by atoms with E-state index in [0.717, 1.165) is 12.1 Å². The number of halogens is 1. The summed E-state index contributed by atoms with van der Waals surface area (Å²) in [7, 11) is 0. The molecule has 3 rings (SSSR count). The van der Waals surface area contributed by atoms with Crippen molar-refractivity contribution in [2.45, 2.75) is 18.1 Å². The lowest BCUT2D eigenvalue weighted by atomic mass is 9.79. The fourth-order valence-electron chi connectivity index (χ4n) is 3.02. The van der Waals surface area contributed by atoms with E-state index in [4.69, 9.17) is 0 Å². The van der Waals surface area contributed by atoms with Crippen LogP contribution in [-0.2, 0) is 5.54 Å². The van der Waals surface area contributed by atoms with Gasteiger partial charge in [-0.3, -0.25) is 4.79 Å². The van der Waals surface area contributed by atoms with Gasteiger partial charge in [-0.1, -0.05) is 48.5 Å². The van der Waals surface area contributed by atoms with Gasteiger partial charge in [0.2, 0.25) is 0 Å². The molecule has 5 heteroatoms. The van der Waals surface area contributed by atoms with E-state index in [1.54, 1.807) is 12.1 Å². The highest BCUT2D eigenvalue weighted by Gasteiger charge is 2.42. The van der Waals surface area contributed by atoms with Gasteiger partial charge in [-0.15, -0.1) is 12.4 Å². The van der Waals surface area contributed by atoms with Crippen molar-refractivity contribution in [1.82, 2.24) is 10.6 Å². The molecule has 1 aliphatic rings. The Morgan fingerprint density at radius 2 is 1.70 bits per heavy atom. The Morgan fingerprint density at radius 3 is 2.30 bits per heavy atom. The Labute approximate surface area is 142 Å². The van der Waals surface area contributed by atoms with Gasteiger partial charge in [0.15, 0.2) is 0 Å². The second kappa shape index (κ2) is 7.59. The molecule has 4 nitrogen and oxygen atoms in total. The molecule has 23 heavy (non-hydrogen) atoms. The molecular weight excluding hydrogens is 312 g/mol. The van der Waals surface area contributed by atoms with Crippen LogP contribution in [-0.4, -0.2) is 30.2 Å². The number of benzene rings is 2. The Bertz CT molecular complexity index is 636. The highest BCUT2D eigenvalue weighted by molar-refractivity contribution is 5.94.